The van der Waals surface area contributed by atoms with Crippen molar-refractivity contribution < 1.29 is 4.74 Å². The predicted octanol–water partition coefficient (Wildman–Crippen LogP) is 2.35. The van der Waals surface area contributed by atoms with Gasteiger partial charge in [-0.25, -0.2) is 4.98 Å². The van der Waals surface area contributed by atoms with Crippen LogP contribution >= 0.6 is 0 Å². The molecule has 6 heteroatoms. The Morgan fingerprint density at radius 1 is 1.05 bits per heavy atom. The normalized spacial score (nSPS) is 11.1. The van der Waals surface area contributed by atoms with Gasteiger partial charge in [0.15, 0.2) is 5.65 Å². The number of methoxy groups -OCH3 is 1. The summed E-state index contributed by atoms with van der Waals surface area (Å²) in [7, 11) is 1.60. The molecular formula is C15H11N5O. The summed E-state index contributed by atoms with van der Waals surface area (Å²) < 4.78 is 6.78. The molecule has 1 aromatic carbocycles. The minimum atomic E-state index is 0.577. The Kier molecular flexibility index (Phi) is 2.53. The molecule has 0 saturated carbocycles. The molecule has 0 fully saturated rings. The molecule has 0 amide bonds. The minimum absolute atomic E-state index is 0.577. The largest absolute Gasteiger partial charge is 0.481 e. The smallest absolute Gasteiger partial charge is 0.212 e. The van der Waals surface area contributed by atoms with E-state index in [1.54, 1.807) is 24.1 Å². The van der Waals surface area contributed by atoms with Gasteiger partial charge in [0.25, 0.3) is 0 Å². The SMILES string of the molecule is COc1ccc(-c2nn3cnnc3c3ccccc23)cn1. The van der Waals surface area contributed by atoms with E-state index >= 15 is 0 Å². The Bertz CT molecular complexity index is 930. The van der Waals surface area contributed by atoms with Crippen molar-refractivity contribution in [3.63, 3.8) is 0 Å². The Balaban J connectivity index is 2.04. The van der Waals surface area contributed by atoms with Gasteiger partial charge in [-0.15, -0.1) is 10.2 Å². The number of hydrogen-bond acceptors (Lipinski definition) is 5. The highest BCUT2D eigenvalue weighted by Gasteiger charge is 2.11. The predicted molar refractivity (Wildman–Crippen MR) is 78.1 cm³/mol. The van der Waals surface area contributed by atoms with Gasteiger partial charge in [-0.1, -0.05) is 24.3 Å². The van der Waals surface area contributed by atoms with Gasteiger partial charge in [-0.2, -0.15) is 9.61 Å². The second-order valence-corrected chi connectivity index (χ2v) is 4.58. The van der Waals surface area contributed by atoms with Gasteiger partial charge in [0.2, 0.25) is 5.88 Å². The third-order valence-electron chi connectivity index (χ3n) is 3.38. The van der Waals surface area contributed by atoms with Crippen molar-refractivity contribution in [2.24, 2.45) is 0 Å². The summed E-state index contributed by atoms with van der Waals surface area (Å²) in [6.07, 6.45) is 3.35. The number of benzene rings is 1. The van der Waals surface area contributed by atoms with Crippen LogP contribution in [0.1, 0.15) is 0 Å². The fraction of sp³-hybridized carbons (Fsp3) is 0.0667. The Morgan fingerprint density at radius 2 is 1.90 bits per heavy atom. The second-order valence-electron chi connectivity index (χ2n) is 4.58. The number of nitrogens with zero attached hydrogens (tertiary/aromatic N) is 5. The lowest BCUT2D eigenvalue weighted by Crippen LogP contribution is -1.97. The van der Waals surface area contributed by atoms with E-state index in [4.69, 9.17) is 4.74 Å². The van der Waals surface area contributed by atoms with E-state index in [0.717, 1.165) is 27.7 Å². The van der Waals surface area contributed by atoms with Crippen LogP contribution in [0.5, 0.6) is 5.88 Å². The lowest BCUT2D eigenvalue weighted by atomic mass is 10.1. The number of ether oxygens (including phenoxy) is 1. The first-order valence-corrected chi connectivity index (χ1v) is 6.46. The molecule has 0 atom stereocenters. The van der Waals surface area contributed by atoms with Crippen molar-refractivity contribution >= 4 is 16.4 Å². The maximum atomic E-state index is 5.09. The van der Waals surface area contributed by atoms with E-state index in [-0.39, 0.29) is 0 Å². The summed E-state index contributed by atoms with van der Waals surface area (Å²) in [5, 5.41) is 14.7. The van der Waals surface area contributed by atoms with E-state index in [1.807, 2.05) is 36.4 Å². The van der Waals surface area contributed by atoms with Crippen LogP contribution in [0.3, 0.4) is 0 Å². The molecule has 0 spiro atoms. The maximum Gasteiger partial charge on any atom is 0.212 e. The molecule has 0 bridgehead atoms. The van der Waals surface area contributed by atoms with Gasteiger partial charge in [0.05, 0.1) is 7.11 Å². The first-order chi connectivity index (χ1) is 10.4. The van der Waals surface area contributed by atoms with Crippen molar-refractivity contribution in [1.29, 1.82) is 0 Å². The Labute approximate surface area is 120 Å². The number of fused-ring (bicyclic) bond motifs is 3. The highest BCUT2D eigenvalue weighted by molar-refractivity contribution is 6.01. The van der Waals surface area contributed by atoms with Crippen LogP contribution in [0.15, 0.2) is 48.9 Å². The first-order valence-electron chi connectivity index (χ1n) is 6.46. The van der Waals surface area contributed by atoms with Crippen LogP contribution in [0, 0.1) is 0 Å². The average molecular weight is 277 g/mol. The highest BCUT2D eigenvalue weighted by Crippen LogP contribution is 2.28. The number of aromatic nitrogens is 5. The maximum absolute atomic E-state index is 5.09. The Morgan fingerprint density at radius 3 is 2.67 bits per heavy atom. The molecule has 0 aliphatic carbocycles. The van der Waals surface area contributed by atoms with Gasteiger partial charge in [-0.05, 0) is 6.07 Å². The van der Waals surface area contributed by atoms with Crippen molar-refractivity contribution in [2.45, 2.75) is 0 Å². The van der Waals surface area contributed by atoms with Gasteiger partial charge in [0.1, 0.15) is 12.0 Å². The van der Waals surface area contributed by atoms with Crippen LogP contribution < -0.4 is 4.74 Å². The van der Waals surface area contributed by atoms with Crippen molar-refractivity contribution in [2.75, 3.05) is 7.11 Å². The van der Waals surface area contributed by atoms with E-state index in [2.05, 4.69) is 20.3 Å². The highest BCUT2D eigenvalue weighted by atomic mass is 16.5. The zero-order chi connectivity index (χ0) is 14.2. The minimum Gasteiger partial charge on any atom is -0.481 e. The summed E-state index contributed by atoms with van der Waals surface area (Å²) in [6, 6.07) is 11.8. The van der Waals surface area contributed by atoms with Gasteiger partial charge >= 0.3 is 0 Å². The average Bonchev–Trinajstić information content (AvgIpc) is 3.03. The first kappa shape index (κ1) is 11.8. The van der Waals surface area contributed by atoms with Gasteiger partial charge in [-0.3, -0.25) is 0 Å². The standard InChI is InChI=1S/C15H11N5O/c1-21-13-7-6-10(8-16-13)14-11-4-2-3-5-12(11)15-18-17-9-20(15)19-14/h2-9H,1H3. The summed E-state index contributed by atoms with van der Waals surface area (Å²) in [6.45, 7) is 0. The molecule has 0 radical (unpaired) electrons. The fourth-order valence-corrected chi connectivity index (χ4v) is 2.38. The van der Waals surface area contributed by atoms with E-state index < -0.39 is 0 Å². The summed E-state index contributed by atoms with van der Waals surface area (Å²) in [5.74, 6) is 0.577. The third kappa shape index (κ3) is 1.80. The second kappa shape index (κ2) is 4.52. The van der Waals surface area contributed by atoms with Gasteiger partial charge < -0.3 is 4.74 Å². The zero-order valence-corrected chi connectivity index (χ0v) is 11.3. The van der Waals surface area contributed by atoms with Crippen LogP contribution in [-0.2, 0) is 0 Å². The quantitative estimate of drug-likeness (QED) is 0.562. The molecule has 3 aromatic heterocycles. The van der Waals surface area contributed by atoms with Crippen LogP contribution in [0.4, 0.5) is 0 Å². The molecule has 0 aliphatic heterocycles. The molecule has 0 saturated heterocycles. The van der Waals surface area contributed by atoms with E-state index in [1.165, 1.54) is 0 Å². The van der Waals surface area contributed by atoms with E-state index in [9.17, 15) is 0 Å². The van der Waals surface area contributed by atoms with Crippen LogP contribution in [-0.4, -0.2) is 31.9 Å². The Hall–Kier alpha value is -3.02. The van der Waals surface area contributed by atoms with Crippen LogP contribution in [0.2, 0.25) is 0 Å². The van der Waals surface area contributed by atoms with Crippen molar-refractivity contribution in [3.05, 3.63) is 48.9 Å². The summed E-state index contributed by atoms with van der Waals surface area (Å²) in [4.78, 5) is 4.25. The monoisotopic (exact) mass is 277 g/mol. The molecule has 21 heavy (non-hydrogen) atoms. The molecule has 4 rings (SSSR count). The molecule has 0 N–H and O–H groups in total. The van der Waals surface area contributed by atoms with E-state index in [0.29, 0.717) is 5.88 Å². The molecule has 102 valence electrons. The van der Waals surface area contributed by atoms with Crippen LogP contribution in [0.25, 0.3) is 27.7 Å². The molecule has 0 unspecified atom stereocenters. The van der Waals surface area contributed by atoms with Crippen molar-refractivity contribution in [1.82, 2.24) is 24.8 Å². The number of hydrogen-bond donors (Lipinski definition) is 0. The number of rotatable bonds is 2. The third-order valence-corrected chi connectivity index (χ3v) is 3.38. The van der Waals surface area contributed by atoms with Gasteiger partial charge in [0, 0.05) is 28.6 Å². The molecule has 4 aromatic rings. The van der Waals surface area contributed by atoms with Crippen molar-refractivity contribution in [3.8, 4) is 17.1 Å². The lowest BCUT2D eigenvalue weighted by Gasteiger charge is -2.07. The zero-order valence-electron chi connectivity index (χ0n) is 11.3. The lowest BCUT2D eigenvalue weighted by molar-refractivity contribution is 0.398. The summed E-state index contributed by atoms with van der Waals surface area (Å²) >= 11 is 0. The topological polar surface area (TPSA) is 65.2 Å². The molecule has 0 aliphatic rings. The molecule has 3 heterocycles. The fourth-order valence-electron chi connectivity index (χ4n) is 2.38. The molecule has 6 nitrogen and oxygen atoms in total. The molecular weight excluding hydrogens is 266 g/mol. The summed E-state index contributed by atoms with van der Waals surface area (Å²) in [5.41, 5.74) is 2.51. The number of pyridine rings is 1.